The lowest BCUT2D eigenvalue weighted by atomic mass is 10.0. The molecule has 0 aromatic heterocycles. The zero-order chi connectivity index (χ0) is 28.2. The second kappa shape index (κ2) is 15.3. The van der Waals surface area contributed by atoms with Gasteiger partial charge in [0.15, 0.2) is 0 Å². The Balaban J connectivity index is 4.94. The molecular formula is C20H35N7O9. The van der Waals surface area contributed by atoms with Crippen LogP contribution in [0.25, 0.3) is 0 Å². The summed E-state index contributed by atoms with van der Waals surface area (Å²) in [7, 11) is 0. The Morgan fingerprint density at radius 1 is 0.778 bits per heavy atom. The van der Waals surface area contributed by atoms with Gasteiger partial charge in [-0.25, -0.2) is 0 Å². The molecule has 0 saturated carbocycles. The molecule has 5 atom stereocenters. The van der Waals surface area contributed by atoms with Crippen molar-refractivity contribution in [1.82, 2.24) is 26.6 Å². The highest BCUT2D eigenvalue weighted by atomic mass is 16.4. The van der Waals surface area contributed by atoms with Crippen LogP contribution in [0.5, 0.6) is 0 Å². The normalized spacial score (nSPS) is 14.9. The Labute approximate surface area is 207 Å². The molecule has 16 heteroatoms. The SMILES string of the molecule is CC(NC(=O)CNC(=O)C(NC(=O)C(N)C(C)C)C(C)O)C(=O)NC(CC(N)=O)C(=O)NCC(=O)O. The molecule has 5 unspecified atom stereocenters. The number of rotatable bonds is 15. The number of primary amides is 1. The highest BCUT2D eigenvalue weighted by molar-refractivity contribution is 5.96. The van der Waals surface area contributed by atoms with Crippen molar-refractivity contribution >= 4 is 41.4 Å². The van der Waals surface area contributed by atoms with Crippen LogP contribution in [0.4, 0.5) is 0 Å². The van der Waals surface area contributed by atoms with Gasteiger partial charge in [-0.05, 0) is 19.8 Å². The van der Waals surface area contributed by atoms with Crippen LogP contribution in [0.1, 0.15) is 34.1 Å². The molecule has 11 N–H and O–H groups in total. The van der Waals surface area contributed by atoms with Gasteiger partial charge in [-0.2, -0.15) is 0 Å². The summed E-state index contributed by atoms with van der Waals surface area (Å²) >= 11 is 0. The van der Waals surface area contributed by atoms with E-state index in [4.69, 9.17) is 16.6 Å². The van der Waals surface area contributed by atoms with E-state index in [0.29, 0.717) is 0 Å². The number of aliphatic carboxylic acids is 1. The minimum absolute atomic E-state index is 0.230. The van der Waals surface area contributed by atoms with E-state index in [1.54, 1.807) is 13.8 Å². The third-order valence-electron chi connectivity index (χ3n) is 4.73. The standard InChI is InChI=1S/C20H35N7O9/c1-8(2)15(22)19(35)27-16(10(4)28)20(36)23-6-13(30)25-9(3)17(33)26-11(5-12(21)29)18(34)24-7-14(31)32/h8-11,15-16,28H,5-7,22H2,1-4H3,(H2,21,29)(H,23,36)(H,24,34)(H,25,30)(H,26,33)(H,27,35)(H,31,32). The summed E-state index contributed by atoms with van der Waals surface area (Å²) in [5.41, 5.74) is 10.8. The summed E-state index contributed by atoms with van der Waals surface area (Å²) < 4.78 is 0. The quantitative estimate of drug-likeness (QED) is 0.0997. The minimum atomic E-state index is -1.49. The minimum Gasteiger partial charge on any atom is -0.480 e. The zero-order valence-corrected chi connectivity index (χ0v) is 20.5. The van der Waals surface area contributed by atoms with Gasteiger partial charge >= 0.3 is 5.97 Å². The van der Waals surface area contributed by atoms with Crippen molar-refractivity contribution in [1.29, 1.82) is 0 Å². The number of carboxylic acids is 1. The Bertz CT molecular complexity index is 847. The Kier molecular flexibility index (Phi) is 13.6. The number of carboxylic acid groups (broad SMARTS) is 1. The number of hydrogen-bond acceptors (Lipinski definition) is 9. The van der Waals surface area contributed by atoms with Gasteiger partial charge in [0.25, 0.3) is 0 Å². The molecule has 0 spiro atoms. The molecule has 0 aliphatic heterocycles. The van der Waals surface area contributed by atoms with E-state index in [2.05, 4.69) is 21.3 Å². The molecule has 0 aromatic carbocycles. The second-order valence-corrected chi connectivity index (χ2v) is 8.35. The van der Waals surface area contributed by atoms with Gasteiger partial charge in [0.05, 0.1) is 25.1 Å². The fourth-order valence-corrected chi connectivity index (χ4v) is 2.59. The van der Waals surface area contributed by atoms with Crippen LogP contribution in [0.2, 0.25) is 0 Å². The van der Waals surface area contributed by atoms with Crippen LogP contribution in [0.15, 0.2) is 0 Å². The predicted molar refractivity (Wildman–Crippen MR) is 123 cm³/mol. The van der Waals surface area contributed by atoms with Crippen LogP contribution in [-0.2, 0) is 33.6 Å². The summed E-state index contributed by atoms with van der Waals surface area (Å²) in [6.07, 6.45) is -1.93. The van der Waals surface area contributed by atoms with Crippen molar-refractivity contribution in [2.24, 2.45) is 17.4 Å². The first-order chi connectivity index (χ1) is 16.6. The lowest BCUT2D eigenvalue weighted by Crippen LogP contribution is -2.58. The molecule has 0 saturated heterocycles. The number of hydrogen-bond donors (Lipinski definition) is 9. The van der Waals surface area contributed by atoms with E-state index < -0.39 is 91.2 Å². The van der Waals surface area contributed by atoms with Gasteiger partial charge < -0.3 is 48.3 Å². The molecule has 204 valence electrons. The predicted octanol–water partition coefficient (Wildman–Crippen LogP) is -4.98. The van der Waals surface area contributed by atoms with Crippen LogP contribution in [-0.4, -0.2) is 95.0 Å². The van der Waals surface area contributed by atoms with Crippen molar-refractivity contribution in [2.45, 2.75) is 64.4 Å². The molecule has 16 nitrogen and oxygen atoms in total. The maximum absolute atomic E-state index is 12.4. The first kappa shape index (κ1) is 32.2. The molecule has 0 aromatic rings. The van der Waals surface area contributed by atoms with E-state index in [0.717, 1.165) is 0 Å². The first-order valence-corrected chi connectivity index (χ1v) is 11.0. The highest BCUT2D eigenvalue weighted by Gasteiger charge is 2.30. The summed E-state index contributed by atoms with van der Waals surface area (Å²) in [5.74, 6) is -6.78. The summed E-state index contributed by atoms with van der Waals surface area (Å²) in [6.45, 7) is 4.51. The molecule has 0 fully saturated rings. The van der Waals surface area contributed by atoms with Gasteiger partial charge in [-0.3, -0.25) is 33.6 Å². The molecule has 0 heterocycles. The Hall–Kier alpha value is -3.79. The molecule has 6 amide bonds. The lowest BCUT2D eigenvalue weighted by molar-refractivity contribution is -0.138. The van der Waals surface area contributed by atoms with Crippen molar-refractivity contribution in [3.05, 3.63) is 0 Å². The van der Waals surface area contributed by atoms with Crippen molar-refractivity contribution in [2.75, 3.05) is 13.1 Å². The molecule has 0 rings (SSSR count). The fraction of sp³-hybridized carbons (Fsp3) is 0.650. The molecule has 0 aliphatic rings. The average Bonchev–Trinajstić information content (AvgIpc) is 2.77. The van der Waals surface area contributed by atoms with Crippen molar-refractivity contribution < 1.29 is 43.8 Å². The number of aliphatic hydroxyl groups excluding tert-OH is 1. The monoisotopic (exact) mass is 517 g/mol. The first-order valence-electron chi connectivity index (χ1n) is 11.0. The van der Waals surface area contributed by atoms with Gasteiger partial charge in [0.1, 0.15) is 24.7 Å². The number of nitrogens with two attached hydrogens (primary N) is 2. The van der Waals surface area contributed by atoms with Gasteiger partial charge in [-0.1, -0.05) is 13.8 Å². The number of amides is 6. The Morgan fingerprint density at radius 3 is 1.81 bits per heavy atom. The number of nitrogens with one attached hydrogen (secondary N) is 5. The van der Waals surface area contributed by atoms with E-state index in [1.807, 2.05) is 5.32 Å². The van der Waals surface area contributed by atoms with Crippen LogP contribution < -0.4 is 38.1 Å². The number of carbonyl (C=O) groups is 7. The van der Waals surface area contributed by atoms with E-state index in [1.165, 1.54) is 13.8 Å². The summed E-state index contributed by atoms with van der Waals surface area (Å²) in [5, 5.41) is 29.4. The van der Waals surface area contributed by atoms with Crippen LogP contribution in [0, 0.1) is 5.92 Å². The Morgan fingerprint density at radius 2 is 1.33 bits per heavy atom. The van der Waals surface area contributed by atoms with Crippen molar-refractivity contribution in [3.63, 3.8) is 0 Å². The maximum atomic E-state index is 12.4. The second-order valence-electron chi connectivity index (χ2n) is 8.35. The number of carbonyl (C=O) groups excluding carboxylic acids is 6. The highest BCUT2D eigenvalue weighted by Crippen LogP contribution is 2.01. The average molecular weight is 518 g/mol. The maximum Gasteiger partial charge on any atom is 0.322 e. The zero-order valence-electron chi connectivity index (χ0n) is 20.5. The molecule has 0 aliphatic carbocycles. The van der Waals surface area contributed by atoms with Crippen LogP contribution >= 0.6 is 0 Å². The van der Waals surface area contributed by atoms with Crippen molar-refractivity contribution in [3.8, 4) is 0 Å². The molecule has 0 bridgehead atoms. The largest absolute Gasteiger partial charge is 0.480 e. The fourth-order valence-electron chi connectivity index (χ4n) is 2.59. The lowest BCUT2D eigenvalue weighted by Gasteiger charge is -2.24. The van der Waals surface area contributed by atoms with E-state index in [9.17, 15) is 38.7 Å². The summed E-state index contributed by atoms with van der Waals surface area (Å²) in [6, 6.07) is -5.05. The summed E-state index contributed by atoms with van der Waals surface area (Å²) in [4.78, 5) is 82.7. The molecule has 0 radical (unpaired) electrons. The topological polar surface area (TPSA) is 272 Å². The van der Waals surface area contributed by atoms with Gasteiger partial charge in [-0.15, -0.1) is 0 Å². The smallest absolute Gasteiger partial charge is 0.322 e. The van der Waals surface area contributed by atoms with Crippen LogP contribution in [0.3, 0.4) is 0 Å². The van der Waals surface area contributed by atoms with E-state index >= 15 is 0 Å². The third kappa shape index (κ3) is 12.1. The van der Waals surface area contributed by atoms with E-state index in [-0.39, 0.29) is 5.92 Å². The number of aliphatic hydroxyl groups is 1. The van der Waals surface area contributed by atoms with Gasteiger partial charge in [0.2, 0.25) is 35.4 Å². The molecular weight excluding hydrogens is 482 g/mol. The third-order valence-corrected chi connectivity index (χ3v) is 4.73. The van der Waals surface area contributed by atoms with Gasteiger partial charge in [0, 0.05) is 0 Å². The molecule has 36 heavy (non-hydrogen) atoms.